The van der Waals surface area contributed by atoms with E-state index in [-0.39, 0.29) is 44.5 Å². The molecule has 0 radical (unpaired) electrons. The Balaban J connectivity index is 1.81. The molecule has 1 aromatic carbocycles. The first-order valence-corrected chi connectivity index (χ1v) is 11.1. The monoisotopic (exact) mass is 408 g/mol. The summed E-state index contributed by atoms with van der Waals surface area (Å²) in [6.45, 7) is 1.60. The van der Waals surface area contributed by atoms with E-state index in [4.69, 9.17) is 11.6 Å². The summed E-state index contributed by atoms with van der Waals surface area (Å²) in [4.78, 5) is 13.3. The maximum Gasteiger partial charge on any atom is 0.220 e. The molecule has 8 heteroatoms. The standard InChI is InChI=1S/C19H21ClN2O4S/c1-10-13(7-8-14(20)18(10)27(25,26)9-11-3-4-11)17(23)15-16(12-5-6-12)21-22(2)19(15)24/h7-8,11-12,24H,3-6,9H2,1-2H3. The Labute approximate surface area is 163 Å². The molecule has 2 aromatic rings. The second kappa shape index (κ2) is 6.34. The number of ketones is 1. The van der Waals surface area contributed by atoms with E-state index in [1.165, 1.54) is 16.8 Å². The number of aromatic nitrogens is 2. The van der Waals surface area contributed by atoms with Gasteiger partial charge in [-0.2, -0.15) is 5.10 Å². The Morgan fingerprint density at radius 3 is 2.56 bits per heavy atom. The fourth-order valence-electron chi connectivity index (χ4n) is 3.49. The Morgan fingerprint density at radius 2 is 1.96 bits per heavy atom. The van der Waals surface area contributed by atoms with Gasteiger partial charge in [-0.25, -0.2) is 13.1 Å². The van der Waals surface area contributed by atoms with Crippen molar-refractivity contribution in [3.63, 3.8) is 0 Å². The number of nitrogens with zero attached hydrogens (tertiary/aromatic N) is 2. The number of hydrogen-bond acceptors (Lipinski definition) is 5. The summed E-state index contributed by atoms with van der Waals surface area (Å²) in [7, 11) is -2.00. The molecule has 0 amide bonds. The molecule has 0 spiro atoms. The molecule has 2 aliphatic rings. The number of hydrogen-bond donors (Lipinski definition) is 1. The molecule has 0 atom stereocenters. The fourth-order valence-corrected chi connectivity index (χ4v) is 6.11. The van der Waals surface area contributed by atoms with Crippen molar-refractivity contribution in [1.82, 2.24) is 9.78 Å². The SMILES string of the molecule is Cc1c(C(=O)c2c(C3CC3)nn(C)c2O)ccc(Cl)c1S(=O)(=O)CC1CC1. The van der Waals surface area contributed by atoms with Crippen molar-refractivity contribution in [3.05, 3.63) is 39.5 Å². The normalized spacial score (nSPS) is 17.3. The Bertz CT molecular complexity index is 1050. The summed E-state index contributed by atoms with van der Waals surface area (Å²) >= 11 is 6.21. The smallest absolute Gasteiger partial charge is 0.220 e. The molecule has 0 bridgehead atoms. The van der Waals surface area contributed by atoms with Gasteiger partial charge in [0, 0.05) is 18.5 Å². The van der Waals surface area contributed by atoms with Gasteiger partial charge in [0.05, 0.1) is 21.4 Å². The highest BCUT2D eigenvalue weighted by Gasteiger charge is 2.36. The molecular weight excluding hydrogens is 388 g/mol. The van der Waals surface area contributed by atoms with Gasteiger partial charge in [0.1, 0.15) is 5.56 Å². The minimum Gasteiger partial charge on any atom is -0.493 e. The third-order valence-electron chi connectivity index (χ3n) is 5.30. The summed E-state index contributed by atoms with van der Waals surface area (Å²) in [5.41, 5.74) is 1.31. The molecule has 2 fully saturated rings. The van der Waals surface area contributed by atoms with Gasteiger partial charge in [0.15, 0.2) is 9.84 Å². The van der Waals surface area contributed by atoms with Crippen LogP contribution in [0.3, 0.4) is 0 Å². The quantitative estimate of drug-likeness (QED) is 0.740. The molecule has 4 rings (SSSR count). The van der Waals surface area contributed by atoms with Crippen LogP contribution in [-0.4, -0.2) is 34.8 Å². The van der Waals surface area contributed by atoms with E-state index in [2.05, 4.69) is 5.10 Å². The van der Waals surface area contributed by atoms with E-state index >= 15 is 0 Å². The van der Waals surface area contributed by atoms with Crippen molar-refractivity contribution < 1.29 is 18.3 Å². The van der Waals surface area contributed by atoms with Crippen LogP contribution in [0.25, 0.3) is 0 Å². The molecule has 1 aromatic heterocycles. The van der Waals surface area contributed by atoms with E-state index < -0.39 is 15.6 Å². The van der Waals surface area contributed by atoms with Crippen LogP contribution in [0, 0.1) is 12.8 Å². The third kappa shape index (κ3) is 3.27. The van der Waals surface area contributed by atoms with E-state index in [1.807, 2.05) is 0 Å². The zero-order valence-corrected chi connectivity index (χ0v) is 16.8. The first-order chi connectivity index (χ1) is 12.7. The lowest BCUT2D eigenvalue weighted by atomic mass is 9.98. The molecule has 1 N–H and O–H groups in total. The molecule has 27 heavy (non-hydrogen) atoms. The van der Waals surface area contributed by atoms with Gasteiger partial charge in [-0.3, -0.25) is 4.79 Å². The Hall–Kier alpha value is -1.86. The number of carbonyl (C=O) groups excluding carboxylic acids is 1. The van der Waals surface area contributed by atoms with Gasteiger partial charge >= 0.3 is 0 Å². The van der Waals surface area contributed by atoms with Crippen molar-refractivity contribution in [2.75, 3.05) is 5.75 Å². The van der Waals surface area contributed by atoms with Crippen molar-refractivity contribution in [2.45, 2.75) is 43.4 Å². The summed E-state index contributed by atoms with van der Waals surface area (Å²) in [6, 6.07) is 2.98. The Morgan fingerprint density at radius 1 is 1.30 bits per heavy atom. The first-order valence-electron chi connectivity index (χ1n) is 9.03. The number of rotatable bonds is 6. The van der Waals surface area contributed by atoms with E-state index in [1.54, 1.807) is 14.0 Å². The van der Waals surface area contributed by atoms with Gasteiger partial charge in [-0.15, -0.1) is 0 Å². The number of benzene rings is 1. The maximum absolute atomic E-state index is 13.2. The third-order valence-corrected chi connectivity index (χ3v) is 7.79. The lowest BCUT2D eigenvalue weighted by Crippen LogP contribution is -2.14. The molecular formula is C19H21ClN2O4S. The van der Waals surface area contributed by atoms with Crippen LogP contribution in [0.2, 0.25) is 5.02 Å². The number of aromatic hydroxyl groups is 1. The number of carbonyl (C=O) groups is 1. The summed E-state index contributed by atoms with van der Waals surface area (Å²) in [6.07, 6.45) is 3.67. The molecule has 0 aliphatic heterocycles. The zero-order chi connectivity index (χ0) is 19.5. The second-order valence-corrected chi connectivity index (χ2v) is 9.96. The molecule has 144 valence electrons. The van der Waals surface area contributed by atoms with Crippen LogP contribution in [0.1, 0.15) is 58.8 Å². The minimum absolute atomic E-state index is 0.0262. The van der Waals surface area contributed by atoms with Gasteiger partial charge in [-0.1, -0.05) is 11.6 Å². The summed E-state index contributed by atoms with van der Waals surface area (Å²) < 4.78 is 26.9. The maximum atomic E-state index is 13.2. The highest BCUT2D eigenvalue weighted by molar-refractivity contribution is 7.91. The van der Waals surface area contributed by atoms with Crippen LogP contribution in [0.4, 0.5) is 0 Å². The lowest BCUT2D eigenvalue weighted by molar-refractivity contribution is 0.103. The minimum atomic E-state index is -3.58. The number of halogens is 1. The average molecular weight is 409 g/mol. The van der Waals surface area contributed by atoms with Crippen LogP contribution < -0.4 is 0 Å². The number of sulfone groups is 1. The summed E-state index contributed by atoms with van der Waals surface area (Å²) in [5.74, 6) is -0.218. The molecule has 1 heterocycles. The molecule has 2 saturated carbocycles. The Kier molecular flexibility index (Phi) is 4.35. The van der Waals surface area contributed by atoms with E-state index in [9.17, 15) is 18.3 Å². The molecule has 0 saturated heterocycles. The highest BCUT2D eigenvalue weighted by atomic mass is 35.5. The number of aryl methyl sites for hydroxylation is 1. The van der Waals surface area contributed by atoms with E-state index in [0.717, 1.165) is 25.7 Å². The first kappa shape index (κ1) is 18.5. The van der Waals surface area contributed by atoms with Crippen LogP contribution in [0.15, 0.2) is 17.0 Å². The van der Waals surface area contributed by atoms with Crippen molar-refractivity contribution in [2.24, 2.45) is 13.0 Å². The predicted molar refractivity (Wildman–Crippen MR) is 101 cm³/mol. The van der Waals surface area contributed by atoms with Crippen LogP contribution in [-0.2, 0) is 16.9 Å². The topological polar surface area (TPSA) is 89.3 Å². The fraction of sp³-hybridized carbons (Fsp3) is 0.474. The van der Waals surface area contributed by atoms with Gasteiger partial charge in [0.25, 0.3) is 0 Å². The second-order valence-electron chi connectivity index (χ2n) is 7.58. The van der Waals surface area contributed by atoms with Crippen LogP contribution in [0.5, 0.6) is 5.88 Å². The largest absolute Gasteiger partial charge is 0.493 e. The highest BCUT2D eigenvalue weighted by Crippen LogP contribution is 2.44. The average Bonchev–Trinajstić information content (AvgIpc) is 3.48. The van der Waals surface area contributed by atoms with E-state index in [0.29, 0.717) is 11.3 Å². The van der Waals surface area contributed by atoms with Gasteiger partial charge in [-0.05, 0) is 56.2 Å². The van der Waals surface area contributed by atoms with Gasteiger partial charge < -0.3 is 5.11 Å². The zero-order valence-electron chi connectivity index (χ0n) is 15.2. The molecule has 2 aliphatic carbocycles. The molecule has 6 nitrogen and oxygen atoms in total. The van der Waals surface area contributed by atoms with Crippen LogP contribution >= 0.6 is 11.6 Å². The van der Waals surface area contributed by atoms with Crippen molar-refractivity contribution in [3.8, 4) is 5.88 Å². The predicted octanol–water partition coefficient (Wildman–Crippen LogP) is 3.38. The summed E-state index contributed by atoms with van der Waals surface area (Å²) in [5, 5.41) is 14.8. The van der Waals surface area contributed by atoms with Crippen molar-refractivity contribution >= 4 is 27.2 Å². The van der Waals surface area contributed by atoms with Crippen molar-refractivity contribution in [1.29, 1.82) is 0 Å². The lowest BCUT2D eigenvalue weighted by Gasteiger charge is -2.13. The molecule has 0 unspecified atom stereocenters. The van der Waals surface area contributed by atoms with Gasteiger partial charge in [0.2, 0.25) is 11.7 Å².